The first-order chi connectivity index (χ1) is 10.8. The molecule has 0 unspecified atom stereocenters. The Balaban J connectivity index is 1.41. The van der Waals surface area contributed by atoms with Crippen molar-refractivity contribution in [2.75, 3.05) is 32.7 Å². The molecule has 2 heteroatoms. The number of nitrogens with zero attached hydrogens (tertiary/aromatic N) is 2. The molecule has 1 aromatic carbocycles. The van der Waals surface area contributed by atoms with Crippen molar-refractivity contribution in [1.29, 1.82) is 0 Å². The molecule has 22 heavy (non-hydrogen) atoms. The van der Waals surface area contributed by atoms with Crippen molar-refractivity contribution >= 4 is 6.08 Å². The minimum absolute atomic E-state index is 0.866. The highest BCUT2D eigenvalue weighted by molar-refractivity contribution is 5.48. The maximum atomic E-state index is 2.76. The lowest BCUT2D eigenvalue weighted by molar-refractivity contribution is 0.0740. The van der Waals surface area contributed by atoms with Crippen molar-refractivity contribution in [3.8, 4) is 0 Å². The van der Waals surface area contributed by atoms with Crippen molar-refractivity contribution < 1.29 is 0 Å². The second-order valence-corrected chi connectivity index (χ2v) is 7.08. The molecule has 1 aromatic rings. The van der Waals surface area contributed by atoms with Crippen molar-refractivity contribution in [2.24, 2.45) is 5.92 Å². The molecule has 1 saturated heterocycles. The fourth-order valence-corrected chi connectivity index (χ4v) is 3.95. The molecule has 120 valence electrons. The fourth-order valence-electron chi connectivity index (χ4n) is 3.95. The SMILES string of the molecule is C[C@H]1CCC[C@@H](N2CCN(C/C=C/c3ccccc3)CC2)C1. The fraction of sp³-hybridized carbons (Fsp3) is 0.600. The van der Waals surface area contributed by atoms with E-state index in [2.05, 4.69) is 59.2 Å². The van der Waals surface area contributed by atoms with Crippen LogP contribution in [0.4, 0.5) is 0 Å². The highest BCUT2D eigenvalue weighted by atomic mass is 15.3. The zero-order valence-electron chi connectivity index (χ0n) is 14.0. The topological polar surface area (TPSA) is 6.48 Å². The van der Waals surface area contributed by atoms with Gasteiger partial charge in [-0.3, -0.25) is 9.80 Å². The van der Waals surface area contributed by atoms with E-state index in [1.54, 1.807) is 0 Å². The summed E-state index contributed by atoms with van der Waals surface area (Å²) in [4.78, 5) is 5.34. The summed E-state index contributed by atoms with van der Waals surface area (Å²) in [5, 5.41) is 0. The number of hydrogen-bond donors (Lipinski definition) is 0. The summed E-state index contributed by atoms with van der Waals surface area (Å²) in [6.07, 6.45) is 10.3. The van der Waals surface area contributed by atoms with Crippen LogP contribution in [-0.4, -0.2) is 48.6 Å². The molecule has 3 rings (SSSR count). The van der Waals surface area contributed by atoms with E-state index in [0.717, 1.165) is 18.5 Å². The van der Waals surface area contributed by atoms with Gasteiger partial charge in [-0.1, -0.05) is 62.2 Å². The Kier molecular flexibility index (Phi) is 5.69. The van der Waals surface area contributed by atoms with E-state index in [9.17, 15) is 0 Å². The second kappa shape index (κ2) is 7.94. The molecule has 1 aliphatic carbocycles. The Bertz CT molecular complexity index is 460. The van der Waals surface area contributed by atoms with Crippen LogP contribution >= 0.6 is 0 Å². The first kappa shape index (κ1) is 15.8. The van der Waals surface area contributed by atoms with E-state index in [-0.39, 0.29) is 0 Å². The van der Waals surface area contributed by atoms with Crippen molar-refractivity contribution in [2.45, 2.75) is 38.6 Å². The van der Waals surface area contributed by atoms with Gasteiger partial charge in [-0.25, -0.2) is 0 Å². The molecule has 0 N–H and O–H groups in total. The number of benzene rings is 1. The van der Waals surface area contributed by atoms with Gasteiger partial charge in [-0.2, -0.15) is 0 Å². The molecule has 2 aliphatic rings. The summed E-state index contributed by atoms with van der Waals surface area (Å²) in [5.41, 5.74) is 1.30. The Morgan fingerprint density at radius 2 is 1.82 bits per heavy atom. The Morgan fingerprint density at radius 1 is 1.05 bits per heavy atom. The van der Waals surface area contributed by atoms with E-state index in [1.165, 1.54) is 57.4 Å². The zero-order valence-corrected chi connectivity index (χ0v) is 14.0. The summed E-state index contributed by atoms with van der Waals surface area (Å²) >= 11 is 0. The van der Waals surface area contributed by atoms with Crippen LogP contribution in [0.3, 0.4) is 0 Å². The van der Waals surface area contributed by atoms with Crippen LogP contribution in [0.5, 0.6) is 0 Å². The van der Waals surface area contributed by atoms with Gasteiger partial charge in [0.2, 0.25) is 0 Å². The predicted octanol–water partition coefficient (Wildman–Crippen LogP) is 3.90. The summed E-state index contributed by atoms with van der Waals surface area (Å²) < 4.78 is 0. The standard InChI is InChI=1S/C20H30N2/c1-18-7-5-11-20(17-18)22-15-13-21(14-16-22)12-6-10-19-8-3-2-4-9-19/h2-4,6,8-10,18,20H,5,7,11-17H2,1H3/b10-6+/t18-,20+/m0/s1. The highest BCUT2D eigenvalue weighted by Crippen LogP contribution is 2.27. The van der Waals surface area contributed by atoms with Gasteiger partial charge < -0.3 is 0 Å². The lowest BCUT2D eigenvalue weighted by atomic mass is 9.86. The number of hydrogen-bond acceptors (Lipinski definition) is 2. The van der Waals surface area contributed by atoms with Gasteiger partial charge in [-0.15, -0.1) is 0 Å². The Hall–Kier alpha value is -1.12. The van der Waals surface area contributed by atoms with E-state index in [4.69, 9.17) is 0 Å². The third-order valence-corrected chi connectivity index (χ3v) is 5.31. The lowest BCUT2D eigenvalue weighted by Crippen LogP contribution is -2.51. The quantitative estimate of drug-likeness (QED) is 0.832. The average Bonchev–Trinajstić information content (AvgIpc) is 2.56. The monoisotopic (exact) mass is 298 g/mol. The van der Waals surface area contributed by atoms with Crippen molar-refractivity contribution in [3.05, 3.63) is 42.0 Å². The third kappa shape index (κ3) is 4.44. The van der Waals surface area contributed by atoms with Gasteiger partial charge >= 0.3 is 0 Å². The van der Waals surface area contributed by atoms with Crippen LogP contribution in [-0.2, 0) is 0 Å². The largest absolute Gasteiger partial charge is 0.298 e. The number of rotatable bonds is 4. The first-order valence-electron chi connectivity index (χ1n) is 8.99. The second-order valence-electron chi connectivity index (χ2n) is 7.08. The normalized spacial score (nSPS) is 28.2. The molecule has 2 nitrogen and oxygen atoms in total. The van der Waals surface area contributed by atoms with Crippen LogP contribution in [0.15, 0.2) is 36.4 Å². The molecular formula is C20H30N2. The Morgan fingerprint density at radius 3 is 2.55 bits per heavy atom. The predicted molar refractivity (Wildman–Crippen MR) is 94.9 cm³/mol. The summed E-state index contributed by atoms with van der Waals surface area (Å²) in [6, 6.07) is 11.5. The molecule has 1 saturated carbocycles. The summed E-state index contributed by atoms with van der Waals surface area (Å²) in [6.45, 7) is 8.49. The van der Waals surface area contributed by atoms with Crippen LogP contribution < -0.4 is 0 Å². The molecular weight excluding hydrogens is 268 g/mol. The van der Waals surface area contributed by atoms with E-state index < -0.39 is 0 Å². The van der Waals surface area contributed by atoms with Crippen LogP contribution in [0, 0.1) is 5.92 Å². The van der Waals surface area contributed by atoms with Gasteiger partial charge in [-0.05, 0) is 24.3 Å². The van der Waals surface area contributed by atoms with Gasteiger partial charge in [0.1, 0.15) is 0 Å². The third-order valence-electron chi connectivity index (χ3n) is 5.31. The van der Waals surface area contributed by atoms with Crippen LogP contribution in [0.25, 0.3) is 6.08 Å². The maximum absolute atomic E-state index is 2.76. The summed E-state index contributed by atoms with van der Waals surface area (Å²) in [5.74, 6) is 0.936. The maximum Gasteiger partial charge on any atom is 0.0167 e. The minimum Gasteiger partial charge on any atom is -0.298 e. The van der Waals surface area contributed by atoms with Crippen LogP contribution in [0.1, 0.15) is 38.2 Å². The smallest absolute Gasteiger partial charge is 0.0167 e. The average molecular weight is 298 g/mol. The molecule has 2 atom stereocenters. The molecule has 0 aromatic heterocycles. The molecule has 1 heterocycles. The van der Waals surface area contributed by atoms with E-state index in [0.29, 0.717) is 0 Å². The van der Waals surface area contributed by atoms with Gasteiger partial charge in [0.05, 0.1) is 0 Å². The van der Waals surface area contributed by atoms with Gasteiger partial charge in [0.15, 0.2) is 0 Å². The lowest BCUT2D eigenvalue weighted by Gasteiger charge is -2.41. The van der Waals surface area contributed by atoms with Gasteiger partial charge in [0, 0.05) is 38.8 Å². The molecule has 0 amide bonds. The molecule has 1 aliphatic heterocycles. The number of piperazine rings is 1. The molecule has 2 fully saturated rings. The van der Waals surface area contributed by atoms with E-state index in [1.807, 2.05) is 0 Å². The van der Waals surface area contributed by atoms with E-state index >= 15 is 0 Å². The zero-order chi connectivity index (χ0) is 15.2. The molecule has 0 spiro atoms. The van der Waals surface area contributed by atoms with Gasteiger partial charge in [0.25, 0.3) is 0 Å². The van der Waals surface area contributed by atoms with Crippen molar-refractivity contribution in [1.82, 2.24) is 9.80 Å². The summed E-state index contributed by atoms with van der Waals surface area (Å²) in [7, 11) is 0. The molecule has 0 bridgehead atoms. The minimum atomic E-state index is 0.866. The van der Waals surface area contributed by atoms with Crippen molar-refractivity contribution in [3.63, 3.8) is 0 Å². The Labute approximate surface area is 135 Å². The van der Waals surface area contributed by atoms with Crippen LogP contribution in [0.2, 0.25) is 0 Å². The molecule has 0 radical (unpaired) electrons. The highest BCUT2D eigenvalue weighted by Gasteiger charge is 2.27. The first-order valence-corrected chi connectivity index (χ1v) is 8.99.